The van der Waals surface area contributed by atoms with Crippen LogP contribution in [0.1, 0.15) is 44.8 Å². The van der Waals surface area contributed by atoms with Gasteiger partial charge in [-0.3, -0.25) is 24.3 Å². The largest absolute Gasteiger partial charge is 0.487 e. The molecule has 1 N–H and O–H groups in total. The first-order chi connectivity index (χ1) is 15.6. The topological polar surface area (TPSA) is 88.6 Å². The molecule has 1 aliphatic rings. The summed E-state index contributed by atoms with van der Waals surface area (Å²) in [5.41, 5.74) is 2.60. The summed E-state index contributed by atoms with van der Waals surface area (Å²) in [4.78, 5) is 42.4. The van der Waals surface area contributed by atoms with E-state index in [-0.39, 0.29) is 30.7 Å². The molecule has 1 aliphatic heterocycles. The van der Waals surface area contributed by atoms with Crippen LogP contribution in [0.5, 0.6) is 5.75 Å². The van der Waals surface area contributed by atoms with Crippen molar-refractivity contribution < 1.29 is 19.1 Å². The van der Waals surface area contributed by atoms with Gasteiger partial charge in [0.05, 0.1) is 16.8 Å². The lowest BCUT2D eigenvalue weighted by Gasteiger charge is -2.13. The second-order valence-electron chi connectivity index (χ2n) is 7.44. The van der Waals surface area contributed by atoms with E-state index in [0.29, 0.717) is 36.4 Å². The minimum Gasteiger partial charge on any atom is -0.487 e. The standard InChI is InChI=1S/C25H23N3O4/c29-23(12-6-14-28-24(30)21-10-1-2-11-22(21)25(28)31)27-16-18-7-5-9-20(15-18)32-17-19-8-3-4-13-26-19/h1-5,7-11,13,15H,6,12,14,16-17H2,(H,27,29). The first-order valence-electron chi connectivity index (χ1n) is 10.5. The fourth-order valence-corrected chi connectivity index (χ4v) is 3.51. The second-order valence-corrected chi connectivity index (χ2v) is 7.44. The maximum absolute atomic E-state index is 12.4. The Morgan fingerprint density at radius 2 is 1.69 bits per heavy atom. The molecule has 0 unspecified atom stereocenters. The summed E-state index contributed by atoms with van der Waals surface area (Å²) in [6, 6.07) is 19.9. The minimum absolute atomic E-state index is 0.138. The summed E-state index contributed by atoms with van der Waals surface area (Å²) in [6.45, 7) is 0.956. The van der Waals surface area contributed by atoms with Crippen molar-refractivity contribution in [3.63, 3.8) is 0 Å². The number of hydrogen-bond acceptors (Lipinski definition) is 5. The van der Waals surface area contributed by atoms with E-state index in [4.69, 9.17) is 4.74 Å². The molecule has 4 rings (SSSR count). The van der Waals surface area contributed by atoms with E-state index in [9.17, 15) is 14.4 Å². The van der Waals surface area contributed by atoms with Crippen LogP contribution in [0.15, 0.2) is 72.9 Å². The van der Waals surface area contributed by atoms with Gasteiger partial charge in [0, 0.05) is 25.7 Å². The molecular formula is C25H23N3O4. The zero-order valence-electron chi connectivity index (χ0n) is 17.5. The molecule has 7 nitrogen and oxygen atoms in total. The lowest BCUT2D eigenvalue weighted by atomic mass is 10.1. The number of imide groups is 1. The van der Waals surface area contributed by atoms with Crippen LogP contribution in [-0.4, -0.2) is 34.2 Å². The maximum atomic E-state index is 12.4. The average Bonchev–Trinajstić information content (AvgIpc) is 3.07. The monoisotopic (exact) mass is 429 g/mol. The van der Waals surface area contributed by atoms with E-state index in [1.54, 1.807) is 30.5 Å². The number of fused-ring (bicyclic) bond motifs is 1. The van der Waals surface area contributed by atoms with Gasteiger partial charge in [0.1, 0.15) is 12.4 Å². The fraction of sp³-hybridized carbons (Fsp3) is 0.200. The molecule has 1 aromatic heterocycles. The van der Waals surface area contributed by atoms with Gasteiger partial charge in [0.2, 0.25) is 5.91 Å². The zero-order valence-corrected chi connectivity index (χ0v) is 17.5. The number of ether oxygens (including phenoxy) is 1. The highest BCUT2D eigenvalue weighted by Crippen LogP contribution is 2.22. The van der Waals surface area contributed by atoms with E-state index in [1.165, 1.54) is 4.90 Å². The highest BCUT2D eigenvalue weighted by molar-refractivity contribution is 6.21. The van der Waals surface area contributed by atoms with E-state index in [1.807, 2.05) is 42.5 Å². The number of carbonyl (C=O) groups excluding carboxylic acids is 3. The van der Waals surface area contributed by atoms with Gasteiger partial charge in [0.15, 0.2) is 0 Å². The number of carbonyl (C=O) groups is 3. The van der Waals surface area contributed by atoms with Crippen LogP contribution in [0.3, 0.4) is 0 Å². The van der Waals surface area contributed by atoms with Gasteiger partial charge in [-0.15, -0.1) is 0 Å². The Morgan fingerprint density at radius 3 is 2.41 bits per heavy atom. The van der Waals surface area contributed by atoms with Crippen LogP contribution in [-0.2, 0) is 17.9 Å². The quantitative estimate of drug-likeness (QED) is 0.527. The van der Waals surface area contributed by atoms with Crippen LogP contribution < -0.4 is 10.1 Å². The smallest absolute Gasteiger partial charge is 0.261 e. The highest BCUT2D eigenvalue weighted by atomic mass is 16.5. The summed E-state index contributed by atoms with van der Waals surface area (Å²) in [7, 11) is 0. The average molecular weight is 429 g/mol. The van der Waals surface area contributed by atoms with Gasteiger partial charge in [-0.2, -0.15) is 0 Å². The van der Waals surface area contributed by atoms with Gasteiger partial charge in [-0.25, -0.2) is 0 Å². The number of nitrogens with one attached hydrogen (secondary N) is 1. The predicted molar refractivity (Wildman–Crippen MR) is 118 cm³/mol. The van der Waals surface area contributed by atoms with Crippen molar-refractivity contribution in [2.45, 2.75) is 26.0 Å². The molecule has 3 amide bonds. The Bertz CT molecular complexity index is 1100. The minimum atomic E-state index is -0.298. The van der Waals surface area contributed by atoms with Crippen LogP contribution in [0.4, 0.5) is 0 Å². The van der Waals surface area contributed by atoms with Gasteiger partial charge in [-0.1, -0.05) is 30.3 Å². The fourth-order valence-electron chi connectivity index (χ4n) is 3.51. The molecule has 2 aromatic carbocycles. The maximum Gasteiger partial charge on any atom is 0.261 e. The van der Waals surface area contributed by atoms with Crippen LogP contribution in [0.25, 0.3) is 0 Å². The molecule has 0 fully saturated rings. The van der Waals surface area contributed by atoms with E-state index < -0.39 is 0 Å². The molecule has 32 heavy (non-hydrogen) atoms. The number of aromatic nitrogens is 1. The lowest BCUT2D eigenvalue weighted by molar-refractivity contribution is -0.121. The van der Waals surface area contributed by atoms with E-state index in [2.05, 4.69) is 10.3 Å². The summed E-state index contributed by atoms with van der Waals surface area (Å²) >= 11 is 0. The van der Waals surface area contributed by atoms with Crippen molar-refractivity contribution in [2.75, 3.05) is 6.54 Å². The SMILES string of the molecule is O=C(CCCN1C(=O)c2ccccc2C1=O)NCc1cccc(OCc2ccccn2)c1. The van der Waals surface area contributed by atoms with Gasteiger partial charge in [0.25, 0.3) is 11.8 Å². The van der Waals surface area contributed by atoms with E-state index in [0.717, 1.165) is 11.3 Å². The first kappa shape index (κ1) is 21.2. The molecule has 162 valence electrons. The second kappa shape index (κ2) is 9.87. The van der Waals surface area contributed by atoms with Crippen molar-refractivity contribution >= 4 is 17.7 Å². The van der Waals surface area contributed by atoms with Crippen molar-refractivity contribution in [3.8, 4) is 5.75 Å². The molecule has 0 saturated heterocycles. The Morgan fingerprint density at radius 1 is 0.938 bits per heavy atom. The lowest BCUT2D eigenvalue weighted by Crippen LogP contribution is -2.32. The summed E-state index contributed by atoms with van der Waals surface area (Å²) in [5, 5.41) is 2.87. The number of benzene rings is 2. The highest BCUT2D eigenvalue weighted by Gasteiger charge is 2.34. The van der Waals surface area contributed by atoms with Crippen molar-refractivity contribution in [3.05, 3.63) is 95.3 Å². The molecule has 0 atom stereocenters. The summed E-state index contributed by atoms with van der Waals surface area (Å²) in [6.07, 6.45) is 2.35. The third kappa shape index (κ3) is 5.00. The third-order valence-electron chi connectivity index (χ3n) is 5.16. The molecule has 0 bridgehead atoms. The van der Waals surface area contributed by atoms with Crippen molar-refractivity contribution in [1.29, 1.82) is 0 Å². The number of nitrogens with zero attached hydrogens (tertiary/aromatic N) is 2. The third-order valence-corrected chi connectivity index (χ3v) is 5.16. The molecule has 0 radical (unpaired) electrons. The molecule has 0 aliphatic carbocycles. The van der Waals surface area contributed by atoms with Crippen LogP contribution in [0, 0.1) is 0 Å². The summed E-state index contributed by atoms with van der Waals surface area (Å²) in [5.74, 6) is -0.0310. The Kier molecular flexibility index (Phi) is 6.55. The predicted octanol–water partition coefficient (Wildman–Crippen LogP) is 3.35. The molecule has 2 heterocycles. The van der Waals surface area contributed by atoms with Crippen LogP contribution >= 0.6 is 0 Å². The van der Waals surface area contributed by atoms with Gasteiger partial charge >= 0.3 is 0 Å². The Hall–Kier alpha value is -4.00. The summed E-state index contributed by atoms with van der Waals surface area (Å²) < 4.78 is 5.76. The zero-order chi connectivity index (χ0) is 22.3. The molecule has 7 heteroatoms. The normalized spacial score (nSPS) is 12.6. The molecule has 3 aromatic rings. The molecular weight excluding hydrogens is 406 g/mol. The van der Waals surface area contributed by atoms with E-state index >= 15 is 0 Å². The van der Waals surface area contributed by atoms with Crippen molar-refractivity contribution in [1.82, 2.24) is 15.2 Å². The Labute approximate surface area is 186 Å². The first-order valence-corrected chi connectivity index (χ1v) is 10.5. The number of hydrogen-bond donors (Lipinski definition) is 1. The van der Waals surface area contributed by atoms with Gasteiger partial charge in [-0.05, 0) is 48.4 Å². The van der Waals surface area contributed by atoms with Crippen LogP contribution in [0.2, 0.25) is 0 Å². The molecule has 0 saturated carbocycles. The Balaban J connectivity index is 1.21. The molecule has 0 spiro atoms. The number of rotatable bonds is 9. The number of amides is 3. The van der Waals surface area contributed by atoms with Gasteiger partial charge < -0.3 is 10.1 Å². The van der Waals surface area contributed by atoms with Crippen molar-refractivity contribution in [2.24, 2.45) is 0 Å². The number of pyridine rings is 1.